The third-order valence-electron chi connectivity index (χ3n) is 10.6. The monoisotopic (exact) mass is 862 g/mol. The van der Waals surface area contributed by atoms with E-state index in [4.69, 9.17) is 11.6 Å². The Morgan fingerprint density at radius 2 is 1.54 bits per heavy atom. The van der Waals surface area contributed by atoms with Gasteiger partial charge in [0.1, 0.15) is 28.6 Å². The topological polar surface area (TPSA) is 166 Å². The van der Waals surface area contributed by atoms with Crippen molar-refractivity contribution in [2.45, 2.75) is 46.7 Å². The van der Waals surface area contributed by atoms with Crippen LogP contribution in [0.25, 0.3) is 44.7 Å². The number of anilines is 2. The molecule has 0 atom stereocenters. The summed E-state index contributed by atoms with van der Waals surface area (Å²) in [7, 11) is 0. The van der Waals surface area contributed by atoms with E-state index in [0.29, 0.717) is 68.8 Å². The summed E-state index contributed by atoms with van der Waals surface area (Å²) in [6.45, 7) is 5.37. The summed E-state index contributed by atoms with van der Waals surface area (Å²) in [6.07, 6.45) is 5.30. The van der Waals surface area contributed by atoms with Crippen LogP contribution < -0.4 is 21.8 Å². The van der Waals surface area contributed by atoms with Crippen LogP contribution in [-0.4, -0.2) is 46.0 Å². The van der Waals surface area contributed by atoms with Crippen LogP contribution in [0.15, 0.2) is 136 Å². The Morgan fingerprint density at radius 3 is 2.25 bits per heavy atom. The average Bonchev–Trinajstić information content (AvgIpc) is 4.10. The fourth-order valence-corrected chi connectivity index (χ4v) is 7.52. The molecule has 0 saturated heterocycles. The summed E-state index contributed by atoms with van der Waals surface area (Å²) in [4.78, 5) is 61.0. The maximum Gasteiger partial charge on any atom is 0.293 e. The van der Waals surface area contributed by atoms with Crippen molar-refractivity contribution in [2.75, 3.05) is 5.32 Å². The first-order valence-corrected chi connectivity index (χ1v) is 20.6. The fraction of sp³-hybridized carbons (Fsp3) is 0.167. The quantitative estimate of drug-likeness (QED) is 0.101. The molecule has 13 nitrogen and oxygen atoms in total. The van der Waals surface area contributed by atoms with Gasteiger partial charge >= 0.3 is 0 Å². The molecule has 0 bridgehead atoms. The van der Waals surface area contributed by atoms with Crippen molar-refractivity contribution in [2.24, 2.45) is 10.9 Å². The third kappa shape index (κ3) is 8.79. The number of nitrogens with zero attached hydrogens (tertiary/aromatic N) is 7. The predicted molar refractivity (Wildman–Crippen MR) is 240 cm³/mol. The number of pyridine rings is 2. The van der Waals surface area contributed by atoms with Gasteiger partial charge in [-0.15, -0.1) is 0 Å². The SMILES string of the molecule is CC(=O)c1c(-c2ccc(F)cc2)nn(CC2CC2)c(=O)c1Nc1cccc2ncccc12.CCn1nc(-c2cccc(Cl)c2)c(C(C)=O)c(N=c2cccc3n(O)cccc2-3)c1=O. The molecule has 4 heterocycles. The zero-order valence-corrected chi connectivity index (χ0v) is 35.2. The first-order chi connectivity index (χ1) is 30.4. The van der Waals surface area contributed by atoms with Gasteiger partial charge in [0.05, 0.1) is 27.7 Å². The van der Waals surface area contributed by atoms with Gasteiger partial charge in [0.15, 0.2) is 11.6 Å². The van der Waals surface area contributed by atoms with E-state index in [9.17, 15) is 28.8 Å². The lowest BCUT2D eigenvalue weighted by molar-refractivity contribution is 0.100. The summed E-state index contributed by atoms with van der Waals surface area (Å²) in [5.74, 6) is -0.613. The number of nitrogens with one attached hydrogen (secondary N) is 1. The molecule has 0 radical (unpaired) electrons. The molecule has 0 amide bonds. The fourth-order valence-electron chi connectivity index (χ4n) is 7.33. The van der Waals surface area contributed by atoms with Crippen LogP contribution in [-0.2, 0) is 13.1 Å². The summed E-state index contributed by atoms with van der Waals surface area (Å²) in [5.41, 5.74) is 4.14. The van der Waals surface area contributed by atoms with Crippen LogP contribution in [0.4, 0.5) is 21.5 Å². The number of carbonyl (C=O) groups excluding carboxylic acids is 2. The van der Waals surface area contributed by atoms with Crippen molar-refractivity contribution in [3.05, 3.63) is 170 Å². The number of Topliss-reactive ketones (excluding diaryl/α,β-unsaturated/α-hetero) is 2. The van der Waals surface area contributed by atoms with Gasteiger partial charge in [-0.25, -0.2) is 18.7 Å². The molecule has 3 aromatic carbocycles. The highest BCUT2D eigenvalue weighted by Gasteiger charge is 2.28. The standard InChI is InChI=1S/C25H21FN4O2.C23H19ClN4O3/c1-15(31)22-23(17-9-11-18(26)12-10-17)29-30(14-16-7-8-16)25(32)24(22)28-21-6-2-5-20-19(21)4-3-13-27-20;1-3-27-23(30)22(25-18-10-5-11-19-17(18)9-6-12-28(19)31)20(14(2)29)21(26-27)15-7-4-8-16(24)13-15/h2-6,9-13,16,28H,7-8,14H2,1H3;4-13,31H,3H2,1-2H3. The van der Waals surface area contributed by atoms with Gasteiger partial charge in [-0.3, -0.25) is 24.2 Å². The number of aromatic nitrogens is 6. The van der Waals surface area contributed by atoms with Crippen LogP contribution in [0.3, 0.4) is 0 Å². The second kappa shape index (κ2) is 17.8. The molecule has 3 aromatic heterocycles. The van der Waals surface area contributed by atoms with Gasteiger partial charge in [-0.2, -0.15) is 14.9 Å². The first-order valence-electron chi connectivity index (χ1n) is 20.2. The van der Waals surface area contributed by atoms with Gasteiger partial charge in [-0.1, -0.05) is 35.9 Å². The van der Waals surface area contributed by atoms with Crippen molar-refractivity contribution < 1.29 is 19.2 Å². The number of hydrogen-bond donors (Lipinski definition) is 2. The van der Waals surface area contributed by atoms with Crippen molar-refractivity contribution in [3.63, 3.8) is 0 Å². The molecule has 9 rings (SSSR count). The molecule has 0 spiro atoms. The molecule has 2 N–H and O–H groups in total. The lowest BCUT2D eigenvalue weighted by Gasteiger charge is -2.17. The predicted octanol–water partition coefficient (Wildman–Crippen LogP) is 9.12. The molecule has 1 aliphatic heterocycles. The zero-order valence-electron chi connectivity index (χ0n) is 34.4. The largest absolute Gasteiger partial charge is 0.428 e. The smallest absolute Gasteiger partial charge is 0.293 e. The molecule has 6 aromatic rings. The van der Waals surface area contributed by atoms with Crippen molar-refractivity contribution in [1.29, 1.82) is 0 Å². The Kier molecular flexibility index (Phi) is 11.9. The van der Waals surface area contributed by atoms with Crippen LogP contribution in [0.1, 0.15) is 54.3 Å². The Balaban J connectivity index is 0.000000173. The summed E-state index contributed by atoms with van der Waals surface area (Å²) in [6, 6.07) is 30.7. The van der Waals surface area contributed by atoms with Gasteiger partial charge in [0.25, 0.3) is 11.1 Å². The summed E-state index contributed by atoms with van der Waals surface area (Å²) < 4.78 is 17.2. The maximum atomic E-state index is 13.5. The first kappa shape index (κ1) is 42.1. The molecule has 1 fully saturated rings. The maximum absolute atomic E-state index is 13.5. The number of ketones is 2. The average molecular weight is 863 g/mol. The van der Waals surface area contributed by atoms with Gasteiger partial charge in [0.2, 0.25) is 0 Å². The molecule has 2 aliphatic carbocycles. The normalized spacial score (nSPS) is 12.6. The molecule has 316 valence electrons. The Labute approximate surface area is 364 Å². The van der Waals surface area contributed by atoms with Crippen molar-refractivity contribution >= 4 is 51.1 Å². The molecule has 0 unspecified atom stereocenters. The number of carbonyl (C=O) groups is 2. The van der Waals surface area contributed by atoms with E-state index in [1.165, 1.54) is 41.5 Å². The van der Waals surface area contributed by atoms with E-state index >= 15 is 0 Å². The second-order valence-corrected chi connectivity index (χ2v) is 15.5. The Morgan fingerprint density at radius 1 is 0.825 bits per heavy atom. The highest BCUT2D eigenvalue weighted by molar-refractivity contribution is 6.30. The van der Waals surface area contributed by atoms with E-state index in [-0.39, 0.29) is 45.4 Å². The molecular formula is C48H40ClFN8O5. The summed E-state index contributed by atoms with van der Waals surface area (Å²) >= 11 is 6.15. The third-order valence-corrected chi connectivity index (χ3v) is 10.8. The Hall–Kier alpha value is -7.58. The highest BCUT2D eigenvalue weighted by atomic mass is 35.5. The van der Waals surface area contributed by atoms with E-state index in [1.807, 2.05) is 30.3 Å². The van der Waals surface area contributed by atoms with E-state index in [2.05, 4.69) is 25.5 Å². The van der Waals surface area contributed by atoms with Crippen molar-refractivity contribution in [1.82, 2.24) is 29.3 Å². The van der Waals surface area contributed by atoms with Crippen LogP contribution in [0.2, 0.25) is 5.02 Å². The van der Waals surface area contributed by atoms with Crippen molar-refractivity contribution in [3.8, 4) is 33.8 Å². The van der Waals surface area contributed by atoms with Crippen LogP contribution in [0, 0.1) is 11.7 Å². The molecule has 1 saturated carbocycles. The number of aryl methyl sites for hydroxylation is 1. The lowest BCUT2D eigenvalue weighted by atomic mass is 10.0. The highest BCUT2D eigenvalue weighted by Crippen LogP contribution is 2.34. The minimum absolute atomic E-state index is 0.000156. The van der Waals surface area contributed by atoms with Gasteiger partial charge in [-0.05, 0) is 124 Å². The molecule has 15 heteroatoms. The number of benzene rings is 4. The number of rotatable bonds is 10. The molecule has 3 aliphatic rings. The minimum Gasteiger partial charge on any atom is -0.428 e. The van der Waals surface area contributed by atoms with E-state index < -0.39 is 5.56 Å². The Bertz CT molecular complexity index is 3230. The second-order valence-electron chi connectivity index (χ2n) is 15.0. The van der Waals surface area contributed by atoms with Crippen LogP contribution in [0.5, 0.6) is 0 Å². The van der Waals surface area contributed by atoms with Gasteiger partial charge < -0.3 is 10.5 Å². The molecule has 63 heavy (non-hydrogen) atoms. The summed E-state index contributed by atoms with van der Waals surface area (Å²) in [5, 5.41) is 24.0. The van der Waals surface area contributed by atoms with Crippen LogP contribution >= 0.6 is 11.6 Å². The molecular weight excluding hydrogens is 823 g/mol. The number of fused-ring (bicyclic) bond motifs is 2. The number of halogens is 2. The minimum atomic E-state index is -0.469. The lowest BCUT2D eigenvalue weighted by Crippen LogP contribution is -2.29. The van der Waals surface area contributed by atoms with E-state index in [0.717, 1.165) is 28.5 Å². The van der Waals surface area contributed by atoms with E-state index in [1.54, 1.807) is 79.9 Å². The zero-order chi connectivity index (χ0) is 44.4. The number of hydrogen-bond acceptors (Lipinski definition) is 10. The van der Waals surface area contributed by atoms with Gasteiger partial charge in [0, 0.05) is 58.3 Å².